The number of benzene rings is 2. The van der Waals surface area contributed by atoms with Gasteiger partial charge in [-0.3, -0.25) is 9.78 Å². The van der Waals surface area contributed by atoms with Gasteiger partial charge in [-0.15, -0.1) is 0 Å². The lowest BCUT2D eigenvalue weighted by Gasteiger charge is -2.11. The number of anilines is 2. The zero-order chi connectivity index (χ0) is 20.6. The molecule has 1 aromatic heterocycles. The molecule has 1 amide bonds. The van der Waals surface area contributed by atoms with Crippen molar-refractivity contribution in [2.24, 2.45) is 0 Å². The number of rotatable bonds is 7. The maximum atomic E-state index is 12.7. The second-order valence-corrected chi connectivity index (χ2v) is 6.52. The Labute approximate surface area is 169 Å². The van der Waals surface area contributed by atoms with Crippen molar-refractivity contribution >= 4 is 23.3 Å². The van der Waals surface area contributed by atoms with Crippen LogP contribution in [0.1, 0.15) is 38.8 Å². The number of para-hydroxylation sites is 1. The van der Waals surface area contributed by atoms with E-state index in [1.165, 1.54) is 11.8 Å². The zero-order valence-electron chi connectivity index (χ0n) is 16.4. The molecule has 0 unspecified atom stereocenters. The molecule has 3 aromatic rings. The molecule has 1 heterocycles. The minimum absolute atomic E-state index is 0.264. The van der Waals surface area contributed by atoms with E-state index in [9.17, 15) is 9.59 Å². The molecule has 0 saturated heterocycles. The number of carbonyl (C=O) groups excluding carboxylic acids is 2. The Kier molecular flexibility index (Phi) is 6.58. The summed E-state index contributed by atoms with van der Waals surface area (Å²) in [6.45, 7) is 4.67. The van der Waals surface area contributed by atoms with E-state index in [1.807, 2.05) is 6.92 Å². The number of pyridine rings is 1. The summed E-state index contributed by atoms with van der Waals surface area (Å²) in [5, 5.41) is 6.04. The summed E-state index contributed by atoms with van der Waals surface area (Å²) in [4.78, 5) is 28.9. The maximum Gasteiger partial charge on any atom is 0.340 e. The van der Waals surface area contributed by atoms with E-state index < -0.39 is 5.97 Å². The highest BCUT2D eigenvalue weighted by Gasteiger charge is 2.15. The van der Waals surface area contributed by atoms with Crippen molar-refractivity contribution in [1.29, 1.82) is 0 Å². The van der Waals surface area contributed by atoms with Crippen molar-refractivity contribution in [2.45, 2.75) is 20.4 Å². The van der Waals surface area contributed by atoms with Gasteiger partial charge in [0.15, 0.2) is 0 Å². The van der Waals surface area contributed by atoms with Crippen LogP contribution in [0.15, 0.2) is 67.0 Å². The van der Waals surface area contributed by atoms with Gasteiger partial charge in [-0.05, 0) is 37.6 Å². The fourth-order valence-corrected chi connectivity index (χ4v) is 2.74. The highest BCUT2D eigenvalue weighted by molar-refractivity contribution is 6.08. The molecule has 0 fully saturated rings. The lowest BCUT2D eigenvalue weighted by molar-refractivity contribution is 0.0527. The monoisotopic (exact) mass is 389 g/mol. The molecule has 2 N–H and O–H groups in total. The molecule has 2 aromatic carbocycles. The first kappa shape index (κ1) is 20.1. The van der Waals surface area contributed by atoms with Gasteiger partial charge < -0.3 is 15.4 Å². The number of esters is 1. The number of ether oxygens (including phenoxy) is 1. The Morgan fingerprint density at radius 2 is 1.79 bits per heavy atom. The van der Waals surface area contributed by atoms with Crippen molar-refractivity contribution in [1.82, 2.24) is 4.98 Å². The Morgan fingerprint density at radius 1 is 1.03 bits per heavy atom. The Hall–Kier alpha value is -3.67. The van der Waals surface area contributed by atoms with Crippen LogP contribution in [0.4, 0.5) is 11.4 Å². The smallest absolute Gasteiger partial charge is 0.340 e. The minimum atomic E-state index is -0.477. The molecule has 0 aliphatic carbocycles. The van der Waals surface area contributed by atoms with E-state index in [2.05, 4.69) is 39.9 Å². The molecule has 6 heteroatoms. The van der Waals surface area contributed by atoms with Crippen LogP contribution in [0.25, 0.3) is 0 Å². The van der Waals surface area contributed by atoms with Gasteiger partial charge >= 0.3 is 5.97 Å². The summed E-state index contributed by atoms with van der Waals surface area (Å²) < 4.78 is 5.04. The van der Waals surface area contributed by atoms with Gasteiger partial charge in [0, 0.05) is 18.9 Å². The number of amides is 1. The SMILES string of the molecule is CCOC(=O)c1ccccc1NC(=O)c1cncc(NCc2ccc(C)cc2)c1. The molecule has 0 bridgehead atoms. The zero-order valence-corrected chi connectivity index (χ0v) is 16.4. The number of hydrogen-bond acceptors (Lipinski definition) is 5. The van der Waals surface area contributed by atoms with E-state index in [4.69, 9.17) is 4.74 Å². The van der Waals surface area contributed by atoms with E-state index in [-0.39, 0.29) is 12.5 Å². The van der Waals surface area contributed by atoms with Gasteiger partial charge in [0.25, 0.3) is 5.91 Å². The van der Waals surface area contributed by atoms with Gasteiger partial charge in [0.1, 0.15) is 0 Å². The number of aryl methyl sites for hydroxylation is 1. The molecule has 0 aliphatic rings. The van der Waals surface area contributed by atoms with Crippen molar-refractivity contribution < 1.29 is 14.3 Å². The summed E-state index contributed by atoms with van der Waals surface area (Å²) in [6.07, 6.45) is 3.15. The van der Waals surface area contributed by atoms with E-state index in [0.29, 0.717) is 23.4 Å². The summed E-state index contributed by atoms with van der Waals surface area (Å²) in [5.41, 5.74) is 4.17. The number of carbonyl (C=O) groups is 2. The van der Waals surface area contributed by atoms with Crippen LogP contribution in [0.2, 0.25) is 0 Å². The van der Waals surface area contributed by atoms with Crippen LogP contribution >= 0.6 is 0 Å². The number of aromatic nitrogens is 1. The van der Waals surface area contributed by atoms with E-state index in [1.54, 1.807) is 43.5 Å². The predicted octanol–water partition coefficient (Wildman–Crippen LogP) is 4.43. The first-order valence-electron chi connectivity index (χ1n) is 9.39. The number of nitrogens with zero attached hydrogens (tertiary/aromatic N) is 1. The third kappa shape index (κ3) is 5.42. The predicted molar refractivity (Wildman–Crippen MR) is 113 cm³/mol. The molecule has 0 radical (unpaired) electrons. The van der Waals surface area contributed by atoms with Gasteiger partial charge in [-0.1, -0.05) is 42.0 Å². The normalized spacial score (nSPS) is 10.3. The van der Waals surface area contributed by atoms with Gasteiger partial charge in [-0.25, -0.2) is 4.79 Å². The summed E-state index contributed by atoms with van der Waals surface area (Å²) in [6, 6.07) is 16.7. The first-order chi connectivity index (χ1) is 14.1. The van der Waals surface area contributed by atoms with Gasteiger partial charge in [0.05, 0.1) is 29.1 Å². The lowest BCUT2D eigenvalue weighted by atomic mass is 10.1. The lowest BCUT2D eigenvalue weighted by Crippen LogP contribution is -2.16. The van der Waals surface area contributed by atoms with Crippen LogP contribution in [0, 0.1) is 6.92 Å². The third-order valence-electron chi connectivity index (χ3n) is 4.29. The first-order valence-corrected chi connectivity index (χ1v) is 9.39. The van der Waals surface area contributed by atoms with Crippen molar-refractivity contribution in [3.63, 3.8) is 0 Å². The quantitative estimate of drug-likeness (QED) is 0.584. The minimum Gasteiger partial charge on any atom is -0.462 e. The van der Waals surface area contributed by atoms with Crippen molar-refractivity contribution in [2.75, 3.05) is 17.2 Å². The molecule has 0 spiro atoms. The fraction of sp³-hybridized carbons (Fsp3) is 0.174. The molecule has 148 valence electrons. The summed E-state index contributed by atoms with van der Waals surface area (Å²) >= 11 is 0. The van der Waals surface area contributed by atoms with E-state index >= 15 is 0 Å². The standard InChI is InChI=1S/C23H23N3O3/c1-3-29-23(28)20-6-4-5-7-21(20)26-22(27)18-12-19(15-24-14-18)25-13-17-10-8-16(2)9-11-17/h4-12,14-15,25H,3,13H2,1-2H3,(H,26,27). The summed E-state index contributed by atoms with van der Waals surface area (Å²) in [7, 11) is 0. The molecular formula is C23H23N3O3. The molecule has 29 heavy (non-hydrogen) atoms. The largest absolute Gasteiger partial charge is 0.462 e. The topological polar surface area (TPSA) is 80.3 Å². The van der Waals surface area contributed by atoms with Gasteiger partial charge in [0.2, 0.25) is 0 Å². The maximum absolute atomic E-state index is 12.7. The van der Waals surface area contributed by atoms with Crippen molar-refractivity contribution in [3.8, 4) is 0 Å². The van der Waals surface area contributed by atoms with E-state index in [0.717, 1.165) is 11.3 Å². The highest BCUT2D eigenvalue weighted by atomic mass is 16.5. The molecule has 3 rings (SSSR count). The Bertz CT molecular complexity index is 1000. The average molecular weight is 389 g/mol. The molecule has 0 atom stereocenters. The van der Waals surface area contributed by atoms with Crippen LogP contribution in [0.3, 0.4) is 0 Å². The highest BCUT2D eigenvalue weighted by Crippen LogP contribution is 2.18. The Morgan fingerprint density at radius 3 is 2.55 bits per heavy atom. The molecule has 0 aliphatic heterocycles. The second-order valence-electron chi connectivity index (χ2n) is 6.52. The molecule has 6 nitrogen and oxygen atoms in total. The summed E-state index contributed by atoms with van der Waals surface area (Å²) in [5.74, 6) is -0.830. The van der Waals surface area contributed by atoms with Crippen LogP contribution in [-0.4, -0.2) is 23.5 Å². The number of nitrogens with one attached hydrogen (secondary N) is 2. The third-order valence-corrected chi connectivity index (χ3v) is 4.29. The Balaban J connectivity index is 1.70. The fourth-order valence-electron chi connectivity index (χ4n) is 2.74. The van der Waals surface area contributed by atoms with Crippen LogP contribution < -0.4 is 10.6 Å². The van der Waals surface area contributed by atoms with Gasteiger partial charge in [-0.2, -0.15) is 0 Å². The molecule has 0 saturated carbocycles. The van der Waals surface area contributed by atoms with Crippen molar-refractivity contribution in [3.05, 3.63) is 89.2 Å². The van der Waals surface area contributed by atoms with Crippen LogP contribution in [0.5, 0.6) is 0 Å². The average Bonchev–Trinajstić information content (AvgIpc) is 2.74. The molecular weight excluding hydrogens is 366 g/mol. The van der Waals surface area contributed by atoms with Crippen LogP contribution in [-0.2, 0) is 11.3 Å². The number of hydrogen-bond donors (Lipinski definition) is 2. The second kappa shape index (κ2) is 9.50.